The molecule has 0 saturated heterocycles. The molecule has 23 heavy (non-hydrogen) atoms. The zero-order valence-corrected chi connectivity index (χ0v) is 12.9. The third kappa shape index (κ3) is 2.28. The number of rotatable bonds is 3. The largest absolute Gasteiger partial charge is 0.396 e. The van der Waals surface area contributed by atoms with Gasteiger partial charge in [-0.3, -0.25) is 0 Å². The number of aromatic amines is 1. The van der Waals surface area contributed by atoms with Crippen LogP contribution in [-0.2, 0) is 6.42 Å². The van der Waals surface area contributed by atoms with Crippen LogP contribution in [0.4, 0.5) is 17.2 Å². The maximum Gasteiger partial charge on any atom is 0.153 e. The highest BCUT2D eigenvalue weighted by molar-refractivity contribution is 6.09. The van der Waals surface area contributed by atoms with Crippen molar-refractivity contribution in [1.82, 2.24) is 9.97 Å². The van der Waals surface area contributed by atoms with Crippen molar-refractivity contribution in [2.24, 2.45) is 0 Å². The van der Waals surface area contributed by atoms with Gasteiger partial charge in [0.05, 0.1) is 5.69 Å². The number of hydrogen-bond acceptors (Lipinski definition) is 3. The lowest BCUT2D eigenvalue weighted by molar-refractivity contribution is 1.15. The molecule has 0 atom stereocenters. The van der Waals surface area contributed by atoms with Crippen LogP contribution < -0.4 is 11.1 Å². The number of nitrogen functional groups attached to an aromatic ring is 1. The van der Waals surface area contributed by atoms with Crippen molar-refractivity contribution in [2.45, 2.75) is 13.3 Å². The van der Waals surface area contributed by atoms with Gasteiger partial charge < -0.3 is 16.0 Å². The molecule has 0 radical (unpaired) electrons. The summed E-state index contributed by atoms with van der Waals surface area (Å²) in [6.45, 7) is 2.18. The van der Waals surface area contributed by atoms with Crippen molar-refractivity contribution in [3.05, 3.63) is 60.3 Å². The quantitative estimate of drug-likeness (QED) is 0.518. The van der Waals surface area contributed by atoms with Crippen LogP contribution in [0, 0.1) is 0 Å². The number of fused-ring (bicyclic) bond motifs is 3. The Morgan fingerprint density at radius 1 is 1.09 bits per heavy atom. The summed E-state index contributed by atoms with van der Waals surface area (Å²) in [6.07, 6.45) is 2.74. The number of H-pyrrole nitrogens is 1. The molecule has 0 aliphatic carbocycles. The van der Waals surface area contributed by atoms with Crippen molar-refractivity contribution in [3.8, 4) is 0 Å². The molecule has 4 heteroatoms. The molecule has 0 spiro atoms. The van der Waals surface area contributed by atoms with Gasteiger partial charge in [-0.15, -0.1) is 0 Å². The SMILES string of the molecule is CCc1cccc2c1[nH]c1cc(Nc3ncccc3N)ccc12. The van der Waals surface area contributed by atoms with Gasteiger partial charge in [0.2, 0.25) is 0 Å². The maximum absolute atomic E-state index is 5.95. The van der Waals surface area contributed by atoms with Gasteiger partial charge in [-0.25, -0.2) is 4.98 Å². The van der Waals surface area contributed by atoms with E-state index in [1.807, 2.05) is 12.1 Å². The minimum Gasteiger partial charge on any atom is -0.396 e. The van der Waals surface area contributed by atoms with Crippen LogP contribution in [0.1, 0.15) is 12.5 Å². The Balaban J connectivity index is 1.82. The van der Waals surface area contributed by atoms with E-state index >= 15 is 0 Å². The van der Waals surface area contributed by atoms with Gasteiger partial charge in [0.15, 0.2) is 5.82 Å². The van der Waals surface area contributed by atoms with Gasteiger partial charge in [0.25, 0.3) is 0 Å². The van der Waals surface area contributed by atoms with E-state index in [4.69, 9.17) is 5.73 Å². The molecule has 0 aliphatic heterocycles. The second kappa shape index (κ2) is 5.32. The molecule has 4 N–H and O–H groups in total. The van der Waals surface area contributed by atoms with Crippen molar-refractivity contribution in [1.29, 1.82) is 0 Å². The van der Waals surface area contributed by atoms with Crippen LogP contribution in [0.5, 0.6) is 0 Å². The van der Waals surface area contributed by atoms with E-state index in [2.05, 4.69) is 58.6 Å². The highest BCUT2D eigenvalue weighted by atomic mass is 15.0. The minimum atomic E-state index is 0.637. The lowest BCUT2D eigenvalue weighted by Gasteiger charge is -2.07. The molecular weight excluding hydrogens is 284 g/mol. The van der Waals surface area contributed by atoms with Crippen molar-refractivity contribution in [2.75, 3.05) is 11.1 Å². The summed E-state index contributed by atoms with van der Waals surface area (Å²) in [6, 6.07) is 16.4. The lowest BCUT2D eigenvalue weighted by Crippen LogP contribution is -1.98. The molecule has 0 unspecified atom stereocenters. The Hall–Kier alpha value is -3.01. The number of nitrogens with two attached hydrogens (primary N) is 1. The zero-order chi connectivity index (χ0) is 15.8. The first kappa shape index (κ1) is 13.6. The smallest absolute Gasteiger partial charge is 0.153 e. The van der Waals surface area contributed by atoms with E-state index in [1.54, 1.807) is 6.20 Å². The molecule has 0 amide bonds. The topological polar surface area (TPSA) is 66.7 Å². The summed E-state index contributed by atoms with van der Waals surface area (Å²) in [5.41, 5.74) is 11.2. The average molecular weight is 302 g/mol. The van der Waals surface area contributed by atoms with Crippen LogP contribution in [0.3, 0.4) is 0 Å². The number of aromatic nitrogens is 2. The van der Waals surface area contributed by atoms with Gasteiger partial charge in [-0.05, 0) is 36.2 Å². The Kier molecular flexibility index (Phi) is 3.15. The summed E-state index contributed by atoms with van der Waals surface area (Å²) >= 11 is 0. The normalized spacial score (nSPS) is 11.2. The number of nitrogens with one attached hydrogen (secondary N) is 2. The predicted octanol–water partition coefficient (Wildman–Crippen LogP) is 4.60. The second-order valence-electron chi connectivity index (χ2n) is 5.64. The molecule has 0 bridgehead atoms. The number of para-hydroxylation sites is 1. The molecule has 2 aromatic heterocycles. The standard InChI is InChI=1S/C19H18N4/c1-2-12-5-3-6-15-14-9-8-13(11-17(14)23-18(12)15)22-19-16(20)7-4-10-21-19/h3-11,23H,2,20H2,1H3,(H,21,22). The first-order chi connectivity index (χ1) is 11.3. The van der Waals surface area contributed by atoms with Crippen LogP contribution in [0.25, 0.3) is 21.8 Å². The molecule has 2 aromatic carbocycles. The predicted molar refractivity (Wildman–Crippen MR) is 97.1 cm³/mol. The monoisotopic (exact) mass is 302 g/mol. The van der Waals surface area contributed by atoms with E-state index < -0.39 is 0 Å². The van der Waals surface area contributed by atoms with Crippen molar-refractivity contribution in [3.63, 3.8) is 0 Å². The van der Waals surface area contributed by atoms with Gasteiger partial charge in [0.1, 0.15) is 0 Å². The van der Waals surface area contributed by atoms with E-state index in [-0.39, 0.29) is 0 Å². The first-order valence-corrected chi connectivity index (χ1v) is 7.77. The Morgan fingerprint density at radius 3 is 2.83 bits per heavy atom. The number of anilines is 3. The van der Waals surface area contributed by atoms with Crippen LogP contribution in [-0.4, -0.2) is 9.97 Å². The first-order valence-electron chi connectivity index (χ1n) is 7.77. The molecule has 114 valence electrons. The minimum absolute atomic E-state index is 0.637. The maximum atomic E-state index is 5.95. The highest BCUT2D eigenvalue weighted by Crippen LogP contribution is 2.30. The van der Waals surface area contributed by atoms with Gasteiger partial charge in [0, 0.05) is 33.7 Å². The highest BCUT2D eigenvalue weighted by Gasteiger charge is 2.08. The average Bonchev–Trinajstić information content (AvgIpc) is 2.94. The Morgan fingerprint density at radius 2 is 2.00 bits per heavy atom. The molecule has 4 aromatic rings. The van der Waals surface area contributed by atoms with Gasteiger partial charge in [-0.1, -0.05) is 31.2 Å². The summed E-state index contributed by atoms with van der Waals surface area (Å²) < 4.78 is 0. The van der Waals surface area contributed by atoms with Gasteiger partial charge in [-0.2, -0.15) is 0 Å². The summed E-state index contributed by atoms with van der Waals surface area (Å²) in [5, 5.41) is 5.78. The Labute approximate surface area is 134 Å². The summed E-state index contributed by atoms with van der Waals surface area (Å²) in [5.74, 6) is 0.678. The molecule has 0 saturated carbocycles. The zero-order valence-electron chi connectivity index (χ0n) is 12.9. The molecule has 2 heterocycles. The van der Waals surface area contributed by atoms with Gasteiger partial charge >= 0.3 is 0 Å². The van der Waals surface area contributed by atoms with E-state index in [9.17, 15) is 0 Å². The molecular formula is C19H18N4. The molecule has 0 aliphatic rings. The molecule has 4 nitrogen and oxygen atoms in total. The third-order valence-corrected chi connectivity index (χ3v) is 4.20. The summed E-state index contributed by atoms with van der Waals surface area (Å²) in [7, 11) is 0. The number of pyridine rings is 1. The molecule has 0 fully saturated rings. The fourth-order valence-corrected chi connectivity index (χ4v) is 3.02. The number of benzene rings is 2. The fourth-order valence-electron chi connectivity index (χ4n) is 3.02. The van der Waals surface area contributed by atoms with E-state index in [1.165, 1.54) is 21.9 Å². The van der Waals surface area contributed by atoms with Crippen LogP contribution in [0.15, 0.2) is 54.7 Å². The third-order valence-electron chi connectivity index (χ3n) is 4.20. The lowest BCUT2D eigenvalue weighted by atomic mass is 10.1. The second-order valence-corrected chi connectivity index (χ2v) is 5.64. The number of hydrogen-bond donors (Lipinski definition) is 3. The van der Waals surface area contributed by atoms with Crippen molar-refractivity contribution >= 4 is 39.0 Å². The van der Waals surface area contributed by atoms with E-state index in [0.29, 0.717) is 11.5 Å². The van der Waals surface area contributed by atoms with E-state index in [0.717, 1.165) is 17.6 Å². The number of aryl methyl sites for hydroxylation is 1. The van der Waals surface area contributed by atoms with Crippen molar-refractivity contribution < 1.29 is 0 Å². The van der Waals surface area contributed by atoms with Crippen LogP contribution >= 0.6 is 0 Å². The number of nitrogens with zero attached hydrogens (tertiary/aromatic N) is 1. The fraction of sp³-hybridized carbons (Fsp3) is 0.105. The summed E-state index contributed by atoms with van der Waals surface area (Å²) in [4.78, 5) is 7.82. The van der Waals surface area contributed by atoms with Crippen LogP contribution in [0.2, 0.25) is 0 Å². The molecule has 4 rings (SSSR count). The Bertz CT molecular complexity index is 1000.